The van der Waals surface area contributed by atoms with Crippen LogP contribution in [0.4, 0.5) is 11.4 Å². The summed E-state index contributed by atoms with van der Waals surface area (Å²) in [6.07, 6.45) is 0. The first-order valence-corrected chi connectivity index (χ1v) is 9.89. The van der Waals surface area contributed by atoms with Crippen LogP contribution in [0.25, 0.3) is 10.4 Å². The SMILES string of the molecule is O=[N+]([O-])c1cccc(-c2cc(Br)c(Br)s2)c1.O=[N+]([O-])c1cccc(B(O)O)c1. The highest BCUT2D eigenvalue weighted by molar-refractivity contribution is 9.13. The molecule has 3 aromatic rings. The molecule has 0 bridgehead atoms. The maximum Gasteiger partial charge on any atom is 0.488 e. The lowest BCUT2D eigenvalue weighted by atomic mass is 9.80. The van der Waals surface area contributed by atoms with E-state index in [-0.39, 0.29) is 21.8 Å². The highest BCUT2D eigenvalue weighted by Gasteiger charge is 2.14. The quantitative estimate of drug-likeness (QED) is 0.297. The van der Waals surface area contributed by atoms with Crippen LogP contribution in [-0.4, -0.2) is 27.0 Å². The monoisotopic (exact) mass is 528 g/mol. The van der Waals surface area contributed by atoms with E-state index < -0.39 is 12.0 Å². The fourth-order valence-electron chi connectivity index (χ4n) is 2.06. The zero-order chi connectivity index (χ0) is 20.8. The van der Waals surface area contributed by atoms with Crippen molar-refractivity contribution < 1.29 is 19.9 Å². The van der Waals surface area contributed by atoms with E-state index in [0.29, 0.717) is 0 Å². The van der Waals surface area contributed by atoms with Gasteiger partial charge in [-0.05, 0) is 49.0 Å². The minimum Gasteiger partial charge on any atom is -0.423 e. The number of non-ortho nitro benzene ring substituents is 2. The molecule has 0 saturated heterocycles. The molecule has 12 heteroatoms. The van der Waals surface area contributed by atoms with E-state index in [2.05, 4.69) is 31.9 Å². The van der Waals surface area contributed by atoms with Crippen LogP contribution in [-0.2, 0) is 0 Å². The summed E-state index contributed by atoms with van der Waals surface area (Å²) in [4.78, 5) is 20.9. The second-order valence-electron chi connectivity index (χ2n) is 5.27. The summed E-state index contributed by atoms with van der Waals surface area (Å²) in [6.45, 7) is 0. The molecule has 3 rings (SSSR count). The highest BCUT2D eigenvalue weighted by Crippen LogP contribution is 2.38. The minimum absolute atomic E-state index is 0.109. The van der Waals surface area contributed by atoms with Crippen molar-refractivity contribution >= 4 is 67.2 Å². The van der Waals surface area contributed by atoms with Gasteiger partial charge in [0.15, 0.2) is 0 Å². The molecule has 0 aliphatic heterocycles. The summed E-state index contributed by atoms with van der Waals surface area (Å²) < 4.78 is 1.94. The number of benzene rings is 2. The molecule has 1 heterocycles. The molecule has 2 aromatic carbocycles. The van der Waals surface area contributed by atoms with E-state index >= 15 is 0 Å². The van der Waals surface area contributed by atoms with Crippen LogP contribution in [0.3, 0.4) is 0 Å². The van der Waals surface area contributed by atoms with E-state index in [4.69, 9.17) is 10.0 Å². The number of nitrogens with zero attached hydrogens (tertiary/aromatic N) is 2. The number of nitro groups is 2. The Morgan fingerprint density at radius 2 is 1.46 bits per heavy atom. The second kappa shape index (κ2) is 9.89. The van der Waals surface area contributed by atoms with E-state index in [9.17, 15) is 20.2 Å². The third-order valence-electron chi connectivity index (χ3n) is 3.37. The topological polar surface area (TPSA) is 127 Å². The van der Waals surface area contributed by atoms with Gasteiger partial charge in [0.1, 0.15) is 0 Å². The summed E-state index contributed by atoms with van der Waals surface area (Å²) in [5.41, 5.74) is 0.925. The third-order valence-corrected chi connectivity index (χ3v) is 6.67. The largest absolute Gasteiger partial charge is 0.488 e. The van der Waals surface area contributed by atoms with E-state index in [1.54, 1.807) is 12.1 Å². The lowest BCUT2D eigenvalue weighted by molar-refractivity contribution is -0.385. The van der Waals surface area contributed by atoms with Gasteiger partial charge in [0.05, 0.1) is 13.6 Å². The Labute approximate surface area is 180 Å². The maximum atomic E-state index is 10.6. The molecule has 0 aliphatic rings. The molecule has 1 aromatic heterocycles. The first-order valence-electron chi connectivity index (χ1n) is 7.49. The minimum atomic E-state index is -1.66. The number of hydrogen-bond acceptors (Lipinski definition) is 7. The molecule has 0 fully saturated rings. The van der Waals surface area contributed by atoms with Crippen molar-refractivity contribution in [2.45, 2.75) is 0 Å². The van der Waals surface area contributed by atoms with Crippen molar-refractivity contribution in [2.24, 2.45) is 0 Å². The Balaban J connectivity index is 0.000000209. The highest BCUT2D eigenvalue weighted by atomic mass is 79.9. The number of rotatable bonds is 4. The standard InChI is InChI=1S/C10H5Br2NO2S.C6H6BNO4/c11-8-5-9(16-10(8)12)6-2-1-3-7(4-6)13(14)15;9-7(10)5-2-1-3-6(4-5)8(11)12/h1-5H;1-4,9-10H. The molecule has 8 nitrogen and oxygen atoms in total. The van der Waals surface area contributed by atoms with Crippen LogP contribution < -0.4 is 5.46 Å². The summed E-state index contributed by atoms with van der Waals surface area (Å²) >= 11 is 8.32. The maximum absolute atomic E-state index is 10.6. The van der Waals surface area contributed by atoms with Gasteiger partial charge >= 0.3 is 7.12 Å². The average Bonchev–Trinajstić information content (AvgIpc) is 3.01. The van der Waals surface area contributed by atoms with E-state index in [0.717, 1.165) is 24.8 Å². The number of nitro benzene ring substituents is 2. The van der Waals surface area contributed by atoms with Gasteiger partial charge in [-0.3, -0.25) is 20.2 Å². The Morgan fingerprint density at radius 3 is 1.96 bits per heavy atom. The first-order chi connectivity index (χ1) is 13.2. The van der Waals surface area contributed by atoms with Gasteiger partial charge in [0, 0.05) is 33.6 Å². The van der Waals surface area contributed by atoms with Crippen molar-refractivity contribution in [3.05, 3.63) is 83.1 Å². The summed E-state index contributed by atoms with van der Waals surface area (Å²) in [6, 6.07) is 13.7. The van der Waals surface area contributed by atoms with Gasteiger partial charge in [-0.1, -0.05) is 24.3 Å². The van der Waals surface area contributed by atoms with Crippen molar-refractivity contribution in [1.29, 1.82) is 0 Å². The number of halogens is 2. The second-order valence-corrected chi connectivity index (χ2v) is 8.49. The van der Waals surface area contributed by atoms with Crippen LogP contribution in [0.2, 0.25) is 0 Å². The molecule has 0 radical (unpaired) electrons. The van der Waals surface area contributed by atoms with Gasteiger partial charge in [-0.25, -0.2) is 0 Å². The van der Waals surface area contributed by atoms with Gasteiger partial charge in [-0.2, -0.15) is 0 Å². The van der Waals surface area contributed by atoms with Gasteiger partial charge in [-0.15, -0.1) is 11.3 Å². The van der Waals surface area contributed by atoms with Crippen LogP contribution >= 0.6 is 43.2 Å². The number of hydrogen-bond donors (Lipinski definition) is 2. The smallest absolute Gasteiger partial charge is 0.423 e. The van der Waals surface area contributed by atoms with Gasteiger partial charge < -0.3 is 10.0 Å². The average molecular weight is 530 g/mol. The zero-order valence-electron chi connectivity index (χ0n) is 13.9. The molecular formula is C16H11BBr2N2O6S. The van der Waals surface area contributed by atoms with Gasteiger partial charge in [0.2, 0.25) is 0 Å². The molecule has 0 unspecified atom stereocenters. The Hall–Kier alpha value is -2.12. The molecule has 0 aliphatic carbocycles. The predicted molar refractivity (Wildman–Crippen MR) is 115 cm³/mol. The zero-order valence-corrected chi connectivity index (χ0v) is 17.8. The Kier molecular flexibility index (Phi) is 7.83. The molecule has 2 N–H and O–H groups in total. The normalized spacial score (nSPS) is 10.0. The lowest BCUT2D eigenvalue weighted by Gasteiger charge is -1.97. The fraction of sp³-hybridized carbons (Fsp3) is 0. The molecule has 144 valence electrons. The molecule has 28 heavy (non-hydrogen) atoms. The predicted octanol–water partition coefficient (Wildman–Crippen LogP) is 4.12. The van der Waals surface area contributed by atoms with E-state index in [1.165, 1.54) is 35.6 Å². The van der Waals surface area contributed by atoms with Crippen molar-refractivity contribution in [3.63, 3.8) is 0 Å². The lowest BCUT2D eigenvalue weighted by Crippen LogP contribution is -2.29. The molecule has 0 atom stereocenters. The summed E-state index contributed by atoms with van der Waals surface area (Å²) in [7, 11) is -1.66. The summed E-state index contributed by atoms with van der Waals surface area (Å²) in [5, 5.41) is 38.2. The van der Waals surface area contributed by atoms with Crippen LogP contribution in [0.1, 0.15) is 0 Å². The van der Waals surface area contributed by atoms with Crippen LogP contribution in [0.5, 0.6) is 0 Å². The van der Waals surface area contributed by atoms with Crippen molar-refractivity contribution in [1.82, 2.24) is 0 Å². The molecule has 0 saturated carbocycles. The Bertz CT molecular complexity index is 995. The molecule has 0 amide bonds. The Morgan fingerprint density at radius 1 is 0.893 bits per heavy atom. The molecular weight excluding hydrogens is 519 g/mol. The molecule has 0 spiro atoms. The van der Waals surface area contributed by atoms with Crippen LogP contribution in [0.15, 0.2) is 62.9 Å². The first kappa shape index (κ1) is 22.2. The van der Waals surface area contributed by atoms with Gasteiger partial charge in [0.25, 0.3) is 11.4 Å². The fourth-order valence-corrected chi connectivity index (χ4v) is 4.09. The number of thiophene rings is 1. The summed E-state index contributed by atoms with van der Waals surface area (Å²) in [5.74, 6) is 0. The van der Waals surface area contributed by atoms with E-state index in [1.807, 2.05) is 12.1 Å². The van der Waals surface area contributed by atoms with Crippen molar-refractivity contribution in [2.75, 3.05) is 0 Å². The van der Waals surface area contributed by atoms with Crippen molar-refractivity contribution in [3.8, 4) is 10.4 Å². The van der Waals surface area contributed by atoms with Crippen LogP contribution in [0, 0.1) is 20.2 Å². The third kappa shape index (κ3) is 5.94.